The Balaban J connectivity index is 0.00000817. The summed E-state index contributed by atoms with van der Waals surface area (Å²) in [6.45, 7) is 25.6. The van der Waals surface area contributed by atoms with Crippen molar-refractivity contribution in [3.8, 4) is 0 Å². The minimum atomic E-state index is -1.21. The van der Waals surface area contributed by atoms with Crippen LogP contribution in [0.5, 0.6) is 0 Å². The Labute approximate surface area is 410 Å². The van der Waals surface area contributed by atoms with Gasteiger partial charge in [0, 0.05) is 12.0 Å². The van der Waals surface area contributed by atoms with Gasteiger partial charge in [0.25, 0.3) is 0 Å². The molecule has 0 aromatic carbocycles. The Morgan fingerprint density at radius 2 is 1.53 bits per heavy atom. The van der Waals surface area contributed by atoms with E-state index in [0.29, 0.717) is 74.6 Å². The molecule has 0 saturated carbocycles. The summed E-state index contributed by atoms with van der Waals surface area (Å²) in [5, 5.41) is 18.2. The second kappa shape index (κ2) is 23.3. The van der Waals surface area contributed by atoms with Crippen LogP contribution < -0.4 is 25.7 Å². The Morgan fingerprint density at radius 3 is 2.17 bits per heavy atom. The van der Waals surface area contributed by atoms with Gasteiger partial charge in [0.1, 0.15) is 12.5 Å². The van der Waals surface area contributed by atoms with Crippen LogP contribution in [0.3, 0.4) is 0 Å². The molecule has 0 amide bonds. The summed E-state index contributed by atoms with van der Waals surface area (Å²) < 4.78 is 11.1. The number of rotatable bonds is 20. The largest absolute Gasteiger partial charge is 2.00 e. The number of aliphatic hydroxyl groups is 1. The van der Waals surface area contributed by atoms with Crippen LogP contribution in [0.2, 0.25) is 0 Å². The number of nitrogens with zero attached hydrogens (tertiary/aromatic N) is 4. The molecule has 66 heavy (non-hydrogen) atoms. The van der Waals surface area contributed by atoms with Gasteiger partial charge in [-0.25, -0.2) is 0 Å². The molecular weight excluding hydrogens is 837 g/mol. The van der Waals surface area contributed by atoms with Crippen LogP contribution in [0.1, 0.15) is 186 Å². The van der Waals surface area contributed by atoms with Crippen LogP contribution in [-0.2, 0) is 25.5 Å². The van der Waals surface area contributed by atoms with E-state index in [4.69, 9.17) is 29.7 Å². The molecule has 8 bridgehead atoms. The third-order valence-corrected chi connectivity index (χ3v) is 14.7. The fourth-order valence-corrected chi connectivity index (χ4v) is 10.6. The predicted molar refractivity (Wildman–Crippen MR) is 265 cm³/mol. The van der Waals surface area contributed by atoms with Crippen LogP contribution >= 0.6 is 0 Å². The molecular formula is C55H74MgN4O6-2. The number of methoxy groups -OCH3 is 1. The Kier molecular flexibility index (Phi) is 18.7. The van der Waals surface area contributed by atoms with Crippen LogP contribution in [0.4, 0.5) is 0 Å². The molecule has 2 aliphatic heterocycles. The molecule has 1 aliphatic carbocycles. The van der Waals surface area contributed by atoms with Gasteiger partial charge < -0.3 is 34.8 Å². The Morgan fingerprint density at radius 1 is 0.879 bits per heavy atom. The fourth-order valence-electron chi connectivity index (χ4n) is 10.6. The maximum absolute atomic E-state index is 14.4. The Hall–Kier alpha value is -4.06. The number of aliphatic hydroxyl groups excluding tert-OH is 1. The van der Waals surface area contributed by atoms with Crippen LogP contribution in [0.15, 0.2) is 23.9 Å². The third kappa shape index (κ3) is 11.4. The van der Waals surface area contributed by atoms with Crippen molar-refractivity contribution in [2.75, 3.05) is 13.7 Å². The molecule has 1 unspecified atom stereocenters. The van der Waals surface area contributed by atoms with E-state index in [0.717, 1.165) is 46.9 Å². The SMILES string of the molecule is C=Cc1c2[n-]c(c1C)/C=C1\[N-]C(C3=c4[n-]/c(c(C)c4C(=O)[C@@H]3C(=O)OC)=C\c3[n-]c(c(C)c3CC)[C@H]2O)[C@@H](CCC(=O)OC/C=C(\C)CCC[C@H](C)CCC[C@H](C)CCCC(C)C)[C@@H]1C.[Mg+2]. The summed E-state index contributed by atoms with van der Waals surface area (Å²) in [5.74, 6) is -0.739. The van der Waals surface area contributed by atoms with Gasteiger partial charge in [-0.15, -0.1) is 33.5 Å². The molecule has 1 N–H and O–H groups in total. The first-order valence-electron chi connectivity index (χ1n) is 24.4. The fraction of sp³-hybridized carbons (Fsp3) is 0.582. The van der Waals surface area contributed by atoms with Crippen molar-refractivity contribution in [3.63, 3.8) is 0 Å². The number of carbonyl (C=O) groups is 3. The van der Waals surface area contributed by atoms with Gasteiger partial charge >= 0.3 is 35.0 Å². The number of ketones is 1. The van der Waals surface area contributed by atoms with Crippen molar-refractivity contribution < 1.29 is 29.0 Å². The first-order valence-corrected chi connectivity index (χ1v) is 24.4. The second-order valence-corrected chi connectivity index (χ2v) is 19.9. The predicted octanol–water partition coefficient (Wildman–Crippen LogP) is 9.43. The van der Waals surface area contributed by atoms with Gasteiger partial charge in [0.15, 0.2) is 5.78 Å². The molecule has 0 spiro atoms. The average Bonchev–Trinajstić information content (AvgIpc) is 4.02. The molecule has 3 aromatic heterocycles. The average molecular weight is 912 g/mol. The van der Waals surface area contributed by atoms with Crippen molar-refractivity contribution in [1.82, 2.24) is 15.0 Å². The smallest absolute Gasteiger partial charge is 0.681 e. The number of hydrogen-bond acceptors (Lipinski definition) is 6. The molecule has 354 valence electrons. The minimum absolute atomic E-state index is 0. The monoisotopic (exact) mass is 911 g/mol. The molecule has 6 rings (SSSR count). The summed E-state index contributed by atoms with van der Waals surface area (Å²) in [6, 6.07) is -0.660. The van der Waals surface area contributed by atoms with Crippen molar-refractivity contribution >= 4 is 64.6 Å². The maximum Gasteiger partial charge on any atom is 2.00 e. The quantitative estimate of drug-likeness (QED) is 0.0507. The van der Waals surface area contributed by atoms with Gasteiger partial charge in [-0.2, -0.15) is 5.70 Å². The third-order valence-electron chi connectivity index (χ3n) is 14.7. The molecule has 1 fully saturated rings. The molecule has 0 radical (unpaired) electrons. The van der Waals surface area contributed by atoms with Crippen molar-refractivity contribution in [2.45, 2.75) is 158 Å². The van der Waals surface area contributed by atoms with E-state index in [9.17, 15) is 19.5 Å². The number of fused-ring (bicyclic) bond motifs is 8. The van der Waals surface area contributed by atoms with Gasteiger partial charge in [0.2, 0.25) is 0 Å². The second-order valence-electron chi connectivity index (χ2n) is 19.9. The number of esters is 2. The van der Waals surface area contributed by atoms with Crippen LogP contribution in [-0.4, -0.2) is 65.6 Å². The van der Waals surface area contributed by atoms with Gasteiger partial charge in [0.05, 0.1) is 13.2 Å². The van der Waals surface area contributed by atoms with Crippen LogP contribution in [0, 0.1) is 56.3 Å². The van der Waals surface area contributed by atoms with E-state index in [1.165, 1.54) is 57.6 Å². The van der Waals surface area contributed by atoms with Crippen LogP contribution in [0.25, 0.3) is 29.1 Å². The van der Waals surface area contributed by atoms with E-state index in [-0.39, 0.29) is 59.7 Å². The van der Waals surface area contributed by atoms with E-state index < -0.39 is 24.0 Å². The number of allylic oxidation sites excluding steroid dienone is 2. The molecule has 5 heterocycles. The summed E-state index contributed by atoms with van der Waals surface area (Å²) in [4.78, 5) is 56.5. The van der Waals surface area contributed by atoms with E-state index in [1.54, 1.807) is 6.08 Å². The topological polar surface area (TPSA) is 146 Å². The molecule has 10 nitrogen and oxygen atoms in total. The van der Waals surface area contributed by atoms with E-state index >= 15 is 0 Å². The Bertz CT molecular complexity index is 2430. The molecule has 3 aliphatic rings. The number of hydrogen-bond donors (Lipinski definition) is 1. The number of ether oxygens (including phenoxy) is 2. The summed E-state index contributed by atoms with van der Waals surface area (Å²) in [5.41, 5.74) is 9.11. The maximum atomic E-state index is 14.4. The number of aromatic nitrogens is 3. The van der Waals surface area contributed by atoms with Crippen molar-refractivity contribution in [3.05, 3.63) is 96.1 Å². The molecule has 3 aromatic rings. The summed E-state index contributed by atoms with van der Waals surface area (Å²) in [7, 11) is 1.29. The number of carbonyl (C=O) groups excluding carboxylic acids is 3. The first-order chi connectivity index (χ1) is 31.0. The first kappa shape index (κ1) is 52.9. The van der Waals surface area contributed by atoms with Gasteiger partial charge in [-0.1, -0.05) is 151 Å². The van der Waals surface area contributed by atoms with Crippen molar-refractivity contribution in [1.29, 1.82) is 0 Å². The van der Waals surface area contributed by atoms with E-state index in [1.807, 2.05) is 45.9 Å². The van der Waals surface area contributed by atoms with Crippen molar-refractivity contribution in [2.24, 2.45) is 35.5 Å². The van der Waals surface area contributed by atoms with Gasteiger partial charge in [-0.05, 0) is 94.6 Å². The number of Topliss-reactive ketones (excluding diaryl/α,β-unsaturated/α-hetero) is 1. The summed E-state index contributed by atoms with van der Waals surface area (Å²) in [6.07, 6.45) is 18.8. The zero-order valence-corrected chi connectivity index (χ0v) is 43.2. The van der Waals surface area contributed by atoms with E-state index in [2.05, 4.69) is 48.1 Å². The standard InChI is InChI=1S/C55H75N4O6.Mg/c1-13-38-36(10)49-54(62)51-39(14-2)34(8)41(57-51)28-42-35(9)40(50(56-42)47-48(55(63)64-12)53(61)46-37(11)43(58-52(46)47)29-44(38)59-49)24-25-45(60)65-27-26-33(7)23-17-22-32(6)21-16-20-31(5)19-15-18-30(3)4;/h14,26,28-32,35,40,48,50,54,62H,2,13,15-25,27H2,1,3-12H3,(H,59,61);/q-3;+2/p-1/b33-26+,42-28-;/t31-,32-,35+,40+,48-,50?,54-;/m1./s1. The zero-order chi connectivity index (χ0) is 47.3. The minimum Gasteiger partial charge on any atom is -0.681 e. The zero-order valence-electron chi connectivity index (χ0n) is 41.8. The summed E-state index contributed by atoms with van der Waals surface area (Å²) >= 11 is 0. The molecule has 7 atom stereocenters. The molecule has 11 heteroatoms. The molecule has 1 saturated heterocycles. The van der Waals surface area contributed by atoms with Gasteiger partial charge in [-0.3, -0.25) is 14.4 Å². The normalized spacial score (nSPS) is 22.3.